The number of hydrogen-bond donors (Lipinski definition) is 1. The number of nitrogens with two attached hydrogens (primary N) is 1. The summed E-state index contributed by atoms with van der Waals surface area (Å²) < 4.78 is 6.38. The van der Waals surface area contributed by atoms with Crippen molar-refractivity contribution >= 4 is 21.6 Å². The third-order valence-corrected chi connectivity index (χ3v) is 5.08. The highest BCUT2D eigenvalue weighted by molar-refractivity contribution is 9.10. The van der Waals surface area contributed by atoms with Gasteiger partial charge < -0.3 is 10.3 Å². The molecule has 21 heavy (non-hydrogen) atoms. The van der Waals surface area contributed by atoms with E-state index in [2.05, 4.69) is 33.0 Å². The van der Waals surface area contributed by atoms with E-state index in [1.165, 1.54) is 25.7 Å². The van der Waals surface area contributed by atoms with Crippen molar-refractivity contribution < 1.29 is 4.52 Å². The van der Waals surface area contributed by atoms with Crippen molar-refractivity contribution in [3.8, 4) is 11.5 Å². The SMILES string of the molecule is CCC1CCCC(c2noc(-c3cc(N)ccc3Br)n2)C1. The van der Waals surface area contributed by atoms with E-state index in [1.807, 2.05) is 18.2 Å². The largest absolute Gasteiger partial charge is 0.399 e. The van der Waals surface area contributed by atoms with Crippen molar-refractivity contribution in [1.82, 2.24) is 10.1 Å². The van der Waals surface area contributed by atoms with Crippen LogP contribution in [0.15, 0.2) is 27.2 Å². The smallest absolute Gasteiger partial charge is 0.259 e. The molecule has 2 aromatic rings. The molecule has 2 N–H and O–H groups in total. The lowest BCUT2D eigenvalue weighted by Gasteiger charge is -2.26. The predicted molar refractivity (Wildman–Crippen MR) is 86.8 cm³/mol. The molecule has 1 aliphatic rings. The Balaban J connectivity index is 1.84. The van der Waals surface area contributed by atoms with Crippen LogP contribution in [-0.4, -0.2) is 10.1 Å². The van der Waals surface area contributed by atoms with Gasteiger partial charge in [-0.2, -0.15) is 4.98 Å². The molecule has 0 radical (unpaired) electrons. The van der Waals surface area contributed by atoms with Crippen LogP contribution in [0.2, 0.25) is 0 Å². The van der Waals surface area contributed by atoms with Gasteiger partial charge >= 0.3 is 0 Å². The monoisotopic (exact) mass is 349 g/mol. The van der Waals surface area contributed by atoms with Gasteiger partial charge in [0.15, 0.2) is 5.82 Å². The number of nitrogens with zero attached hydrogens (tertiary/aromatic N) is 2. The van der Waals surface area contributed by atoms with Gasteiger partial charge in [0.1, 0.15) is 0 Å². The van der Waals surface area contributed by atoms with Gasteiger partial charge in [-0.3, -0.25) is 0 Å². The van der Waals surface area contributed by atoms with Crippen molar-refractivity contribution in [3.63, 3.8) is 0 Å². The molecule has 1 heterocycles. The van der Waals surface area contributed by atoms with E-state index in [0.29, 0.717) is 17.5 Å². The molecule has 5 heteroatoms. The molecule has 1 fully saturated rings. The molecule has 2 unspecified atom stereocenters. The number of anilines is 1. The maximum Gasteiger partial charge on any atom is 0.259 e. The Morgan fingerprint density at radius 3 is 3.05 bits per heavy atom. The number of nitrogen functional groups attached to an aromatic ring is 1. The molecule has 0 amide bonds. The Labute approximate surface area is 133 Å². The number of hydrogen-bond acceptors (Lipinski definition) is 4. The summed E-state index contributed by atoms with van der Waals surface area (Å²) in [6, 6.07) is 5.61. The molecule has 1 saturated carbocycles. The van der Waals surface area contributed by atoms with Crippen molar-refractivity contribution in [2.75, 3.05) is 5.73 Å². The Kier molecular flexibility index (Phi) is 4.29. The van der Waals surface area contributed by atoms with E-state index in [-0.39, 0.29) is 0 Å². The minimum atomic E-state index is 0.432. The van der Waals surface area contributed by atoms with E-state index >= 15 is 0 Å². The van der Waals surface area contributed by atoms with Crippen LogP contribution in [0.1, 0.15) is 50.8 Å². The summed E-state index contributed by atoms with van der Waals surface area (Å²) >= 11 is 3.51. The van der Waals surface area contributed by atoms with Crippen LogP contribution in [0.25, 0.3) is 11.5 Å². The van der Waals surface area contributed by atoms with Crippen LogP contribution < -0.4 is 5.73 Å². The third-order valence-electron chi connectivity index (χ3n) is 4.39. The first-order valence-electron chi connectivity index (χ1n) is 7.56. The van der Waals surface area contributed by atoms with Gasteiger partial charge in [0.2, 0.25) is 0 Å². The summed E-state index contributed by atoms with van der Waals surface area (Å²) in [6.45, 7) is 2.26. The quantitative estimate of drug-likeness (QED) is 0.810. The minimum absolute atomic E-state index is 0.432. The van der Waals surface area contributed by atoms with Gasteiger partial charge in [-0.25, -0.2) is 0 Å². The zero-order chi connectivity index (χ0) is 14.8. The highest BCUT2D eigenvalue weighted by atomic mass is 79.9. The first-order chi connectivity index (χ1) is 10.2. The topological polar surface area (TPSA) is 64.9 Å². The molecular weight excluding hydrogens is 330 g/mol. The van der Waals surface area contributed by atoms with Crippen LogP contribution >= 0.6 is 15.9 Å². The highest BCUT2D eigenvalue weighted by Crippen LogP contribution is 2.37. The Morgan fingerprint density at radius 1 is 1.38 bits per heavy atom. The normalized spacial score (nSPS) is 22.4. The van der Waals surface area contributed by atoms with E-state index in [0.717, 1.165) is 28.2 Å². The van der Waals surface area contributed by atoms with Crippen molar-refractivity contribution in [3.05, 3.63) is 28.5 Å². The molecule has 1 aliphatic carbocycles. The molecule has 0 bridgehead atoms. The lowest BCUT2D eigenvalue weighted by molar-refractivity contribution is 0.300. The van der Waals surface area contributed by atoms with Gasteiger partial charge in [0.05, 0.1) is 5.56 Å². The fraction of sp³-hybridized carbons (Fsp3) is 0.500. The summed E-state index contributed by atoms with van der Waals surface area (Å²) in [6.07, 6.45) is 6.16. The molecule has 0 saturated heterocycles. The second-order valence-corrected chi connectivity index (χ2v) is 6.69. The molecule has 3 rings (SSSR count). The zero-order valence-electron chi connectivity index (χ0n) is 12.2. The molecule has 1 aromatic heterocycles. The lowest BCUT2D eigenvalue weighted by atomic mass is 9.80. The fourth-order valence-corrected chi connectivity index (χ4v) is 3.53. The summed E-state index contributed by atoms with van der Waals surface area (Å²) in [5, 5.41) is 4.21. The lowest BCUT2D eigenvalue weighted by Crippen LogP contribution is -2.14. The molecule has 0 aliphatic heterocycles. The molecule has 1 aromatic carbocycles. The fourth-order valence-electron chi connectivity index (χ4n) is 3.11. The van der Waals surface area contributed by atoms with E-state index in [1.54, 1.807) is 0 Å². The van der Waals surface area contributed by atoms with Crippen LogP contribution in [0.3, 0.4) is 0 Å². The second-order valence-electron chi connectivity index (χ2n) is 5.83. The third kappa shape index (κ3) is 3.12. The second kappa shape index (κ2) is 6.18. The standard InChI is InChI=1S/C16H20BrN3O/c1-2-10-4-3-5-11(8-10)15-19-16(21-20-15)13-9-12(18)6-7-14(13)17/h6-7,9-11H,2-5,8,18H2,1H3. The van der Waals surface area contributed by atoms with Gasteiger partial charge in [-0.15, -0.1) is 0 Å². The van der Waals surface area contributed by atoms with Crippen molar-refractivity contribution in [2.45, 2.75) is 44.9 Å². The average molecular weight is 350 g/mol. The van der Waals surface area contributed by atoms with Crippen LogP contribution in [0.4, 0.5) is 5.69 Å². The first-order valence-corrected chi connectivity index (χ1v) is 8.35. The average Bonchev–Trinajstić information content (AvgIpc) is 2.99. The zero-order valence-corrected chi connectivity index (χ0v) is 13.8. The maximum atomic E-state index is 5.84. The predicted octanol–water partition coefficient (Wildman–Crippen LogP) is 4.77. The maximum absolute atomic E-state index is 5.84. The minimum Gasteiger partial charge on any atom is -0.399 e. The number of benzene rings is 1. The molecule has 112 valence electrons. The van der Waals surface area contributed by atoms with Crippen LogP contribution in [-0.2, 0) is 0 Å². The first kappa shape index (κ1) is 14.6. The summed E-state index contributed by atoms with van der Waals surface area (Å²) in [7, 11) is 0. The number of halogens is 1. The van der Waals surface area contributed by atoms with E-state index < -0.39 is 0 Å². The Bertz CT molecular complexity index is 626. The Morgan fingerprint density at radius 2 is 2.24 bits per heavy atom. The van der Waals surface area contributed by atoms with Crippen LogP contribution in [0, 0.1) is 5.92 Å². The Hall–Kier alpha value is -1.36. The molecule has 0 spiro atoms. The highest BCUT2D eigenvalue weighted by Gasteiger charge is 2.26. The summed E-state index contributed by atoms with van der Waals surface area (Å²) in [5.74, 6) is 2.62. The van der Waals surface area contributed by atoms with Crippen molar-refractivity contribution in [1.29, 1.82) is 0 Å². The number of aromatic nitrogens is 2. The number of rotatable bonds is 3. The summed E-state index contributed by atoms with van der Waals surface area (Å²) in [4.78, 5) is 4.61. The molecular formula is C16H20BrN3O. The molecule has 4 nitrogen and oxygen atoms in total. The van der Waals surface area contributed by atoms with Crippen LogP contribution in [0.5, 0.6) is 0 Å². The van der Waals surface area contributed by atoms with Gasteiger partial charge in [0.25, 0.3) is 5.89 Å². The van der Waals surface area contributed by atoms with Gasteiger partial charge in [0, 0.05) is 16.1 Å². The summed E-state index contributed by atoms with van der Waals surface area (Å²) in [5.41, 5.74) is 7.39. The van der Waals surface area contributed by atoms with E-state index in [4.69, 9.17) is 10.3 Å². The van der Waals surface area contributed by atoms with Gasteiger partial charge in [-0.05, 0) is 52.9 Å². The van der Waals surface area contributed by atoms with Gasteiger partial charge in [-0.1, -0.05) is 31.3 Å². The molecule has 2 atom stereocenters. The van der Waals surface area contributed by atoms with E-state index in [9.17, 15) is 0 Å². The van der Waals surface area contributed by atoms with Crippen molar-refractivity contribution in [2.24, 2.45) is 5.92 Å².